The maximum atomic E-state index is 13.1. The lowest BCUT2D eigenvalue weighted by Crippen LogP contribution is -2.42. The van der Waals surface area contributed by atoms with Gasteiger partial charge in [0.15, 0.2) is 0 Å². The van der Waals surface area contributed by atoms with Gasteiger partial charge >= 0.3 is 0 Å². The van der Waals surface area contributed by atoms with E-state index in [4.69, 9.17) is 0 Å². The number of fused-ring (bicyclic) bond motifs is 2. The number of pyridine rings is 1. The minimum Gasteiger partial charge on any atom is -0.356 e. The third-order valence-corrected chi connectivity index (χ3v) is 5.88. The van der Waals surface area contributed by atoms with Gasteiger partial charge in [0.05, 0.1) is 0 Å². The Morgan fingerprint density at radius 3 is 2.64 bits per heavy atom. The predicted molar refractivity (Wildman–Crippen MR) is 109 cm³/mol. The largest absolute Gasteiger partial charge is 0.356 e. The number of piperidine rings is 1. The lowest BCUT2D eigenvalue weighted by Gasteiger charge is -2.34. The first-order chi connectivity index (χ1) is 13.7. The second-order valence-electron chi connectivity index (χ2n) is 7.51. The van der Waals surface area contributed by atoms with Gasteiger partial charge in [-0.2, -0.15) is 0 Å². The second kappa shape index (κ2) is 6.78. The highest BCUT2D eigenvalue weighted by molar-refractivity contribution is 5.97. The average molecular weight is 374 g/mol. The summed E-state index contributed by atoms with van der Waals surface area (Å²) in [4.78, 5) is 34.1. The van der Waals surface area contributed by atoms with Crippen LogP contribution in [0.3, 0.4) is 0 Å². The van der Waals surface area contributed by atoms with Crippen LogP contribution < -0.4 is 15.4 Å². The number of aromatic nitrogens is 2. The molecule has 1 amide bonds. The topological polar surface area (TPSA) is 57.9 Å². The molecule has 0 radical (unpaired) electrons. The monoisotopic (exact) mass is 374 g/mol. The van der Waals surface area contributed by atoms with E-state index < -0.39 is 0 Å². The van der Waals surface area contributed by atoms with Gasteiger partial charge in [-0.05, 0) is 43.0 Å². The lowest BCUT2D eigenvalue weighted by atomic mass is 9.95. The number of benzene rings is 1. The summed E-state index contributed by atoms with van der Waals surface area (Å²) in [6.07, 6.45) is 4.24. The summed E-state index contributed by atoms with van der Waals surface area (Å²) in [7, 11) is 0. The van der Waals surface area contributed by atoms with Crippen molar-refractivity contribution < 1.29 is 4.79 Å². The van der Waals surface area contributed by atoms with Gasteiger partial charge in [-0.15, -0.1) is 0 Å². The fourth-order valence-corrected chi connectivity index (χ4v) is 4.35. The molecule has 0 atom stereocenters. The number of hydrogen-bond donors (Lipinski definition) is 0. The van der Waals surface area contributed by atoms with Crippen molar-refractivity contribution in [2.75, 3.05) is 29.4 Å². The molecule has 2 aliphatic rings. The van der Waals surface area contributed by atoms with E-state index in [1.165, 1.54) is 5.56 Å². The molecule has 1 aromatic carbocycles. The maximum absolute atomic E-state index is 13.1. The van der Waals surface area contributed by atoms with E-state index >= 15 is 0 Å². The highest BCUT2D eigenvalue weighted by atomic mass is 16.2. The van der Waals surface area contributed by atoms with Crippen molar-refractivity contribution in [3.05, 3.63) is 70.6 Å². The standard InChI is InChI=1S/C22H22N4O2/c27-21-15-20(23-19-7-3-4-11-26(19)21)24-12-8-17(9-13-24)22(28)25-14-10-16-5-1-2-6-18(16)25/h1-7,11,15,17H,8-10,12-14H2. The quantitative estimate of drug-likeness (QED) is 0.692. The maximum Gasteiger partial charge on any atom is 0.259 e. The summed E-state index contributed by atoms with van der Waals surface area (Å²) in [5.41, 5.74) is 2.90. The van der Waals surface area contributed by atoms with Crippen molar-refractivity contribution in [2.45, 2.75) is 19.3 Å². The number of hydrogen-bond acceptors (Lipinski definition) is 4. The van der Waals surface area contributed by atoms with Crippen LogP contribution in [0, 0.1) is 5.92 Å². The number of carbonyl (C=O) groups is 1. The molecular formula is C22H22N4O2. The molecule has 0 aliphatic carbocycles. The zero-order valence-electron chi connectivity index (χ0n) is 15.6. The minimum absolute atomic E-state index is 0.0314. The molecule has 1 saturated heterocycles. The average Bonchev–Trinajstić information content (AvgIpc) is 3.17. The molecule has 4 heterocycles. The predicted octanol–water partition coefficient (Wildman–Crippen LogP) is 2.50. The smallest absolute Gasteiger partial charge is 0.259 e. The van der Waals surface area contributed by atoms with Gasteiger partial charge in [0.2, 0.25) is 5.91 Å². The van der Waals surface area contributed by atoms with Crippen molar-refractivity contribution in [3.63, 3.8) is 0 Å². The Morgan fingerprint density at radius 2 is 1.79 bits per heavy atom. The van der Waals surface area contributed by atoms with E-state index in [9.17, 15) is 9.59 Å². The molecule has 3 aromatic rings. The lowest BCUT2D eigenvalue weighted by molar-refractivity contribution is -0.122. The molecule has 0 saturated carbocycles. The number of anilines is 2. The number of carbonyl (C=O) groups excluding carboxylic acids is 1. The molecule has 1 fully saturated rings. The van der Waals surface area contributed by atoms with Crippen molar-refractivity contribution in [1.82, 2.24) is 9.38 Å². The number of nitrogens with zero attached hydrogens (tertiary/aromatic N) is 4. The van der Waals surface area contributed by atoms with E-state index in [2.05, 4.69) is 16.0 Å². The van der Waals surface area contributed by atoms with Crippen molar-refractivity contribution in [3.8, 4) is 0 Å². The molecular weight excluding hydrogens is 352 g/mol. The van der Waals surface area contributed by atoms with E-state index in [-0.39, 0.29) is 17.4 Å². The molecule has 0 N–H and O–H groups in total. The summed E-state index contributed by atoms with van der Waals surface area (Å²) in [6, 6.07) is 15.3. The summed E-state index contributed by atoms with van der Waals surface area (Å²) in [6.45, 7) is 2.25. The summed E-state index contributed by atoms with van der Waals surface area (Å²) in [5, 5.41) is 0. The van der Waals surface area contributed by atoms with Gasteiger partial charge in [0.25, 0.3) is 5.56 Å². The van der Waals surface area contributed by atoms with E-state index in [0.29, 0.717) is 11.5 Å². The van der Waals surface area contributed by atoms with Gasteiger partial charge in [0.1, 0.15) is 11.5 Å². The van der Waals surface area contributed by atoms with Crippen molar-refractivity contribution >= 4 is 23.1 Å². The molecule has 0 spiro atoms. The van der Waals surface area contributed by atoms with Gasteiger partial charge in [0, 0.05) is 43.5 Å². The zero-order chi connectivity index (χ0) is 19.1. The minimum atomic E-state index is -0.0764. The van der Waals surface area contributed by atoms with Gasteiger partial charge in [-0.3, -0.25) is 14.0 Å². The summed E-state index contributed by atoms with van der Waals surface area (Å²) < 4.78 is 1.55. The highest BCUT2D eigenvalue weighted by Crippen LogP contribution is 2.31. The molecule has 6 nitrogen and oxygen atoms in total. The Kier molecular flexibility index (Phi) is 4.11. The van der Waals surface area contributed by atoms with E-state index in [1.807, 2.05) is 41.3 Å². The van der Waals surface area contributed by atoms with Crippen LogP contribution in [-0.2, 0) is 11.2 Å². The number of para-hydroxylation sites is 1. The van der Waals surface area contributed by atoms with Gasteiger partial charge in [-0.1, -0.05) is 24.3 Å². The van der Waals surface area contributed by atoms with E-state index in [0.717, 1.165) is 44.6 Å². The Hall–Kier alpha value is -3.15. The second-order valence-corrected chi connectivity index (χ2v) is 7.51. The Labute approximate surface area is 163 Å². The summed E-state index contributed by atoms with van der Waals surface area (Å²) >= 11 is 0. The Morgan fingerprint density at radius 1 is 1.00 bits per heavy atom. The first kappa shape index (κ1) is 17.0. The Balaban J connectivity index is 1.31. The molecule has 28 heavy (non-hydrogen) atoms. The van der Waals surface area contributed by atoms with Crippen LogP contribution in [-0.4, -0.2) is 34.9 Å². The normalized spacial score (nSPS) is 17.1. The fraction of sp³-hybridized carbons (Fsp3) is 0.318. The molecule has 2 aromatic heterocycles. The molecule has 142 valence electrons. The van der Waals surface area contributed by atoms with Crippen LogP contribution in [0.15, 0.2) is 59.5 Å². The molecule has 6 heteroatoms. The van der Waals surface area contributed by atoms with Crippen LogP contribution in [0.1, 0.15) is 18.4 Å². The number of amides is 1. The molecule has 0 bridgehead atoms. The van der Waals surface area contributed by atoms with Crippen LogP contribution in [0.5, 0.6) is 0 Å². The van der Waals surface area contributed by atoms with Crippen molar-refractivity contribution in [1.29, 1.82) is 0 Å². The first-order valence-corrected chi connectivity index (χ1v) is 9.83. The SMILES string of the molecule is O=C(C1CCN(c2cc(=O)n3ccccc3n2)CC1)N1CCc2ccccc21. The van der Waals surface area contributed by atoms with Crippen molar-refractivity contribution in [2.24, 2.45) is 5.92 Å². The van der Waals surface area contributed by atoms with Crippen LogP contribution in [0.25, 0.3) is 5.65 Å². The van der Waals surface area contributed by atoms with Crippen LogP contribution >= 0.6 is 0 Å². The molecule has 2 aliphatic heterocycles. The third-order valence-electron chi connectivity index (χ3n) is 5.88. The van der Waals surface area contributed by atoms with Gasteiger partial charge in [-0.25, -0.2) is 4.98 Å². The van der Waals surface area contributed by atoms with Gasteiger partial charge < -0.3 is 9.80 Å². The Bertz CT molecular complexity index is 1100. The molecule has 0 unspecified atom stereocenters. The zero-order valence-corrected chi connectivity index (χ0v) is 15.6. The molecule has 5 rings (SSSR count). The van der Waals surface area contributed by atoms with E-state index in [1.54, 1.807) is 16.7 Å². The third kappa shape index (κ3) is 2.85. The summed E-state index contributed by atoms with van der Waals surface area (Å²) in [5.74, 6) is 0.966. The first-order valence-electron chi connectivity index (χ1n) is 9.83. The van der Waals surface area contributed by atoms with Crippen LogP contribution in [0.2, 0.25) is 0 Å². The fourth-order valence-electron chi connectivity index (χ4n) is 4.35. The van der Waals surface area contributed by atoms with Crippen LogP contribution in [0.4, 0.5) is 11.5 Å². The number of rotatable bonds is 2. The highest BCUT2D eigenvalue weighted by Gasteiger charge is 2.32.